The number of alkyl halides is 6. The topological polar surface area (TPSA) is 82.1 Å². The second kappa shape index (κ2) is 10.7. The molecule has 0 aliphatic carbocycles. The number of anilines is 1. The average Bonchev–Trinajstić information content (AvgIpc) is 2.69. The summed E-state index contributed by atoms with van der Waals surface area (Å²) in [6.07, 6.45) is -16.9. The molecule has 1 amide bonds. The van der Waals surface area contributed by atoms with E-state index in [1.807, 2.05) is 17.0 Å². The lowest BCUT2D eigenvalue weighted by Gasteiger charge is -2.35. The second-order valence-corrected chi connectivity index (χ2v) is 7.19. The first-order chi connectivity index (χ1) is 14.9. The first-order valence-electron chi connectivity index (χ1n) is 9.73. The van der Waals surface area contributed by atoms with E-state index < -0.39 is 30.5 Å². The Morgan fingerprint density at radius 2 is 1.62 bits per heavy atom. The molecule has 0 atom stereocenters. The molecule has 0 saturated carbocycles. The van der Waals surface area contributed by atoms with Crippen LogP contribution in [0.3, 0.4) is 0 Å². The van der Waals surface area contributed by atoms with Gasteiger partial charge in [-0.3, -0.25) is 9.69 Å². The van der Waals surface area contributed by atoms with Gasteiger partial charge in [-0.2, -0.15) is 26.3 Å². The second-order valence-electron chi connectivity index (χ2n) is 7.19. The highest BCUT2D eigenvalue weighted by Crippen LogP contribution is 2.36. The highest BCUT2D eigenvalue weighted by atomic mass is 19.4. The fourth-order valence-corrected chi connectivity index (χ4v) is 3.12. The molecule has 0 bridgehead atoms. The van der Waals surface area contributed by atoms with Crippen molar-refractivity contribution in [2.24, 2.45) is 0 Å². The first-order valence-corrected chi connectivity index (χ1v) is 9.73. The molecule has 1 aromatic carbocycles. The van der Waals surface area contributed by atoms with Crippen LogP contribution in [0.4, 0.5) is 36.8 Å². The van der Waals surface area contributed by atoms with Crippen molar-refractivity contribution in [3.8, 4) is 0 Å². The summed E-state index contributed by atoms with van der Waals surface area (Å²) in [7, 11) is 0. The number of para-hydroxylation sites is 1. The van der Waals surface area contributed by atoms with Gasteiger partial charge in [0, 0.05) is 51.4 Å². The zero-order chi connectivity index (χ0) is 23.9. The van der Waals surface area contributed by atoms with Gasteiger partial charge in [0.25, 0.3) is 6.10 Å². The number of hydrogen-bond acceptors (Lipinski definition) is 5. The van der Waals surface area contributed by atoms with E-state index in [9.17, 15) is 35.9 Å². The number of amides is 1. The van der Waals surface area contributed by atoms with Gasteiger partial charge in [-0.05, 0) is 18.1 Å². The number of carboxylic acid groups (broad SMARTS) is 1. The van der Waals surface area contributed by atoms with Crippen LogP contribution in [0, 0.1) is 0 Å². The first kappa shape index (κ1) is 25.6. The molecule has 180 valence electrons. The molecule has 1 aliphatic rings. The largest absolute Gasteiger partial charge is 0.481 e. The normalized spacial score (nSPS) is 15.7. The molecule has 1 aromatic rings. The predicted octanol–water partition coefficient (Wildman–Crippen LogP) is 3.71. The number of ether oxygens (including phenoxy) is 1. The molecule has 1 saturated heterocycles. The quantitative estimate of drug-likeness (QED) is 0.445. The Labute approximate surface area is 179 Å². The van der Waals surface area contributed by atoms with Crippen LogP contribution in [0.1, 0.15) is 18.4 Å². The fraction of sp³-hybridized carbons (Fsp3) is 0.579. The minimum atomic E-state index is -5.75. The minimum absolute atomic E-state index is 0.0246. The van der Waals surface area contributed by atoms with E-state index in [0.29, 0.717) is 19.5 Å². The molecule has 0 radical (unpaired) electrons. The molecule has 0 aromatic heterocycles. The van der Waals surface area contributed by atoms with E-state index in [1.165, 1.54) is 0 Å². The Hall–Kier alpha value is -2.70. The van der Waals surface area contributed by atoms with Gasteiger partial charge in [-0.1, -0.05) is 18.2 Å². The van der Waals surface area contributed by atoms with E-state index in [4.69, 9.17) is 5.11 Å². The Morgan fingerprint density at radius 3 is 2.19 bits per heavy atom. The lowest BCUT2D eigenvalue weighted by atomic mass is 10.1. The number of aliphatic carboxylic acids is 1. The van der Waals surface area contributed by atoms with Gasteiger partial charge >= 0.3 is 24.4 Å². The van der Waals surface area contributed by atoms with Crippen LogP contribution in [-0.2, 0) is 16.1 Å². The zero-order valence-corrected chi connectivity index (χ0v) is 16.9. The van der Waals surface area contributed by atoms with Crippen molar-refractivity contribution in [3.05, 3.63) is 29.8 Å². The number of carbonyl (C=O) groups excluding carboxylic acids is 1. The van der Waals surface area contributed by atoms with Crippen molar-refractivity contribution < 1.29 is 45.8 Å². The van der Waals surface area contributed by atoms with E-state index in [1.54, 1.807) is 12.1 Å². The molecular weight excluding hydrogens is 448 g/mol. The summed E-state index contributed by atoms with van der Waals surface area (Å²) in [6.45, 7) is 1.16. The van der Waals surface area contributed by atoms with Gasteiger partial charge in [0.15, 0.2) is 0 Å². The molecule has 32 heavy (non-hydrogen) atoms. The molecule has 2 N–H and O–H groups in total. The third-order valence-corrected chi connectivity index (χ3v) is 4.74. The molecule has 0 spiro atoms. The number of carbonyl (C=O) groups is 2. The molecule has 7 nitrogen and oxygen atoms in total. The lowest BCUT2D eigenvalue weighted by Crippen LogP contribution is -2.52. The Kier molecular flexibility index (Phi) is 8.58. The summed E-state index contributed by atoms with van der Waals surface area (Å²) in [5.41, 5.74) is 1.67. The van der Waals surface area contributed by atoms with Crippen molar-refractivity contribution >= 4 is 17.7 Å². The maximum atomic E-state index is 12.6. The van der Waals surface area contributed by atoms with Crippen molar-refractivity contribution in [2.45, 2.75) is 37.8 Å². The van der Waals surface area contributed by atoms with Crippen LogP contribution in [-0.4, -0.2) is 78.1 Å². The number of carboxylic acids is 1. The average molecular weight is 471 g/mol. The molecule has 1 heterocycles. The summed E-state index contributed by atoms with van der Waals surface area (Å²) in [5.74, 6) is -0.895. The molecule has 13 heteroatoms. The third kappa shape index (κ3) is 7.77. The highest BCUT2D eigenvalue weighted by molar-refractivity contribution is 5.68. The number of nitrogens with one attached hydrogen (secondary N) is 1. The Morgan fingerprint density at radius 1 is 1.03 bits per heavy atom. The van der Waals surface area contributed by atoms with Gasteiger partial charge in [0.1, 0.15) is 0 Å². The Balaban J connectivity index is 1.88. The van der Waals surface area contributed by atoms with Crippen LogP contribution in [0.5, 0.6) is 0 Å². The summed E-state index contributed by atoms with van der Waals surface area (Å²) in [6, 6.07) is 7.27. The number of rotatable bonds is 8. The highest BCUT2D eigenvalue weighted by Gasteiger charge is 2.60. The molecular formula is C19H23F6N3O4. The monoisotopic (exact) mass is 471 g/mol. The number of piperazine rings is 1. The van der Waals surface area contributed by atoms with E-state index in [2.05, 4.69) is 10.1 Å². The van der Waals surface area contributed by atoms with E-state index in [0.717, 1.165) is 16.2 Å². The van der Waals surface area contributed by atoms with Crippen LogP contribution in [0.15, 0.2) is 24.3 Å². The smallest absolute Gasteiger partial charge is 0.434 e. The van der Waals surface area contributed by atoms with Crippen LogP contribution >= 0.6 is 0 Å². The van der Waals surface area contributed by atoms with Crippen LogP contribution < -0.4 is 5.32 Å². The van der Waals surface area contributed by atoms with Crippen molar-refractivity contribution in [2.75, 3.05) is 38.0 Å². The SMILES string of the molecule is O=C(O)CCCNc1ccccc1CN1CCN(C(=O)OC(C(F)(F)F)C(F)(F)F)CC1. The van der Waals surface area contributed by atoms with Gasteiger partial charge in [-0.25, -0.2) is 4.79 Å². The van der Waals surface area contributed by atoms with Crippen LogP contribution in [0.2, 0.25) is 0 Å². The Bertz CT molecular complexity index is 765. The fourth-order valence-electron chi connectivity index (χ4n) is 3.12. The maximum Gasteiger partial charge on any atom is 0.434 e. The van der Waals surface area contributed by atoms with Crippen molar-refractivity contribution in [1.82, 2.24) is 9.80 Å². The summed E-state index contributed by atoms with van der Waals surface area (Å²) in [5, 5.41) is 11.8. The van der Waals surface area contributed by atoms with E-state index in [-0.39, 0.29) is 32.6 Å². The molecule has 2 rings (SSSR count). The predicted molar refractivity (Wildman–Crippen MR) is 101 cm³/mol. The van der Waals surface area contributed by atoms with Gasteiger partial charge < -0.3 is 20.1 Å². The van der Waals surface area contributed by atoms with Crippen molar-refractivity contribution in [3.63, 3.8) is 0 Å². The number of halogens is 6. The van der Waals surface area contributed by atoms with Gasteiger partial charge in [-0.15, -0.1) is 0 Å². The van der Waals surface area contributed by atoms with Crippen LogP contribution in [0.25, 0.3) is 0 Å². The van der Waals surface area contributed by atoms with Crippen molar-refractivity contribution in [1.29, 1.82) is 0 Å². The number of nitrogens with zero attached hydrogens (tertiary/aromatic N) is 2. The minimum Gasteiger partial charge on any atom is -0.481 e. The molecule has 1 aliphatic heterocycles. The summed E-state index contributed by atoms with van der Waals surface area (Å²) >= 11 is 0. The van der Waals surface area contributed by atoms with Gasteiger partial charge in [0.2, 0.25) is 0 Å². The summed E-state index contributed by atoms with van der Waals surface area (Å²) < 4.78 is 79.2. The lowest BCUT2D eigenvalue weighted by molar-refractivity contribution is -0.308. The number of benzene rings is 1. The van der Waals surface area contributed by atoms with E-state index >= 15 is 0 Å². The number of hydrogen-bond donors (Lipinski definition) is 2. The third-order valence-electron chi connectivity index (χ3n) is 4.74. The van der Waals surface area contributed by atoms with Gasteiger partial charge in [0.05, 0.1) is 0 Å². The maximum absolute atomic E-state index is 12.6. The zero-order valence-electron chi connectivity index (χ0n) is 16.9. The summed E-state index contributed by atoms with van der Waals surface area (Å²) in [4.78, 5) is 25.1. The standard InChI is InChI=1S/C19H23F6N3O4/c20-18(21,22)16(19(23,24)25)32-17(31)28-10-8-27(9-11-28)12-13-4-1-2-5-14(13)26-7-3-6-15(29)30/h1-2,4-5,16,26H,3,6-12H2,(H,29,30). The molecule has 0 unspecified atom stereocenters. The molecule has 1 fully saturated rings.